The highest BCUT2D eigenvalue weighted by atomic mass is 16.1. The maximum absolute atomic E-state index is 12.3. The Morgan fingerprint density at radius 3 is 2.79 bits per heavy atom. The Hall–Kier alpha value is -3.55. The summed E-state index contributed by atoms with van der Waals surface area (Å²) in [6.07, 6.45) is 5.11. The molecule has 0 radical (unpaired) electrons. The average molecular weight is 319 g/mol. The third-order valence-corrected chi connectivity index (χ3v) is 3.71. The summed E-state index contributed by atoms with van der Waals surface area (Å²) in [5.74, 6) is -0.139. The van der Waals surface area contributed by atoms with Crippen molar-refractivity contribution in [1.29, 1.82) is 0 Å². The molecule has 3 heterocycles. The van der Waals surface area contributed by atoms with Crippen LogP contribution in [-0.2, 0) is 6.54 Å². The topological polar surface area (TPSA) is 90.0 Å². The minimum Gasteiger partial charge on any atom is -0.348 e. The van der Waals surface area contributed by atoms with Crippen LogP contribution in [0, 0.1) is 0 Å². The summed E-state index contributed by atoms with van der Waals surface area (Å²) in [6.45, 7) is 0.434. The van der Waals surface area contributed by atoms with Crippen LogP contribution in [0.25, 0.3) is 11.2 Å². The molecule has 4 aromatic rings. The van der Waals surface area contributed by atoms with Crippen LogP contribution >= 0.6 is 0 Å². The summed E-state index contributed by atoms with van der Waals surface area (Å²) in [7, 11) is 0. The number of carbonyl (C=O) groups excluding carboxylic acids is 1. The van der Waals surface area contributed by atoms with Gasteiger partial charge in [0.15, 0.2) is 0 Å². The number of benzene rings is 1. The van der Waals surface area contributed by atoms with Crippen LogP contribution in [0.5, 0.6) is 0 Å². The molecule has 0 fully saturated rings. The number of hydrogen-bond acceptors (Lipinski definition) is 5. The Morgan fingerprint density at radius 1 is 1.12 bits per heavy atom. The van der Waals surface area contributed by atoms with Crippen molar-refractivity contribution in [2.45, 2.75) is 6.54 Å². The van der Waals surface area contributed by atoms with Crippen molar-refractivity contribution >= 4 is 11.4 Å². The fourth-order valence-corrected chi connectivity index (χ4v) is 2.49. The first-order chi connectivity index (χ1) is 11.8. The SMILES string of the molecule is O=C(NCc1cccn2nccc12)c1ccc(-n2cnnn2)cc1. The number of nitrogens with one attached hydrogen (secondary N) is 1. The highest BCUT2D eigenvalue weighted by Gasteiger charge is 2.08. The van der Waals surface area contributed by atoms with Gasteiger partial charge in [0.2, 0.25) is 0 Å². The molecule has 0 aliphatic heterocycles. The Kier molecular flexibility index (Phi) is 3.47. The highest BCUT2D eigenvalue weighted by molar-refractivity contribution is 5.94. The maximum atomic E-state index is 12.3. The van der Waals surface area contributed by atoms with E-state index in [1.54, 1.807) is 35.0 Å². The zero-order valence-electron chi connectivity index (χ0n) is 12.6. The van der Waals surface area contributed by atoms with E-state index >= 15 is 0 Å². The molecule has 24 heavy (non-hydrogen) atoms. The first-order valence-corrected chi connectivity index (χ1v) is 7.34. The van der Waals surface area contributed by atoms with Crippen LogP contribution in [0.3, 0.4) is 0 Å². The quantitative estimate of drug-likeness (QED) is 0.611. The lowest BCUT2D eigenvalue weighted by atomic mass is 10.2. The summed E-state index contributed by atoms with van der Waals surface area (Å²) >= 11 is 0. The van der Waals surface area contributed by atoms with Crippen LogP contribution < -0.4 is 5.32 Å². The Balaban J connectivity index is 1.47. The van der Waals surface area contributed by atoms with Crippen LogP contribution in [0.15, 0.2) is 61.2 Å². The molecule has 0 saturated carbocycles. The number of carbonyl (C=O) groups is 1. The van der Waals surface area contributed by atoms with Crippen molar-refractivity contribution in [2.75, 3.05) is 0 Å². The second-order valence-electron chi connectivity index (χ2n) is 5.18. The van der Waals surface area contributed by atoms with Gasteiger partial charge in [0.1, 0.15) is 6.33 Å². The molecule has 1 amide bonds. The van der Waals surface area contributed by atoms with Gasteiger partial charge in [-0.2, -0.15) is 5.10 Å². The normalized spacial score (nSPS) is 10.8. The van der Waals surface area contributed by atoms with E-state index in [0.29, 0.717) is 12.1 Å². The van der Waals surface area contributed by atoms with Gasteiger partial charge in [-0.3, -0.25) is 4.79 Å². The van der Waals surface area contributed by atoms with Gasteiger partial charge in [0.05, 0.1) is 11.2 Å². The molecule has 118 valence electrons. The van der Waals surface area contributed by atoms with Crippen LogP contribution in [-0.4, -0.2) is 35.7 Å². The van der Waals surface area contributed by atoms with Crippen LogP contribution in [0.4, 0.5) is 0 Å². The summed E-state index contributed by atoms with van der Waals surface area (Å²) in [5.41, 5.74) is 3.35. The molecule has 0 bridgehead atoms. The molecule has 0 aliphatic carbocycles. The van der Waals surface area contributed by atoms with Crippen molar-refractivity contribution in [3.63, 3.8) is 0 Å². The Bertz CT molecular complexity index is 973. The van der Waals surface area contributed by atoms with Crippen molar-refractivity contribution in [3.8, 4) is 5.69 Å². The fraction of sp³-hybridized carbons (Fsp3) is 0.0625. The summed E-state index contributed by atoms with van der Waals surface area (Å²) in [6, 6.07) is 12.9. The van der Waals surface area contributed by atoms with E-state index in [1.165, 1.54) is 11.0 Å². The van der Waals surface area contributed by atoms with E-state index in [2.05, 4.69) is 25.9 Å². The number of nitrogens with zero attached hydrogens (tertiary/aromatic N) is 6. The number of amides is 1. The number of rotatable bonds is 4. The molecule has 0 spiro atoms. The summed E-state index contributed by atoms with van der Waals surface area (Å²) < 4.78 is 3.31. The number of tetrazole rings is 1. The van der Waals surface area contributed by atoms with Crippen LogP contribution in [0.2, 0.25) is 0 Å². The van der Waals surface area contributed by atoms with Crippen molar-refractivity contribution in [3.05, 3.63) is 72.3 Å². The molecule has 8 nitrogen and oxygen atoms in total. The predicted octanol–water partition coefficient (Wildman–Crippen LogP) is 1.24. The molecule has 0 saturated heterocycles. The van der Waals surface area contributed by atoms with Crippen molar-refractivity contribution in [2.24, 2.45) is 0 Å². The van der Waals surface area contributed by atoms with E-state index in [1.807, 2.05) is 24.4 Å². The fourth-order valence-electron chi connectivity index (χ4n) is 2.49. The Labute approximate surface area is 136 Å². The van der Waals surface area contributed by atoms with E-state index in [0.717, 1.165) is 16.8 Å². The van der Waals surface area contributed by atoms with E-state index in [4.69, 9.17) is 0 Å². The molecule has 0 aliphatic rings. The lowest BCUT2D eigenvalue weighted by Crippen LogP contribution is -2.23. The molecule has 1 aromatic carbocycles. The highest BCUT2D eigenvalue weighted by Crippen LogP contribution is 2.11. The minimum absolute atomic E-state index is 0.139. The molecular weight excluding hydrogens is 306 g/mol. The Morgan fingerprint density at radius 2 is 2.00 bits per heavy atom. The van der Waals surface area contributed by atoms with E-state index < -0.39 is 0 Å². The van der Waals surface area contributed by atoms with Gasteiger partial charge in [-0.25, -0.2) is 9.20 Å². The summed E-state index contributed by atoms with van der Waals surface area (Å²) in [4.78, 5) is 12.3. The van der Waals surface area contributed by atoms with E-state index in [-0.39, 0.29) is 5.91 Å². The molecule has 0 unspecified atom stereocenters. The number of aromatic nitrogens is 6. The third-order valence-electron chi connectivity index (χ3n) is 3.71. The lowest BCUT2D eigenvalue weighted by Gasteiger charge is -2.07. The molecule has 4 rings (SSSR count). The van der Waals surface area contributed by atoms with Crippen molar-refractivity contribution in [1.82, 2.24) is 35.1 Å². The third kappa shape index (κ3) is 2.60. The molecule has 8 heteroatoms. The minimum atomic E-state index is -0.139. The second-order valence-corrected chi connectivity index (χ2v) is 5.18. The first kappa shape index (κ1) is 14.1. The standard InChI is InChI=1S/C16H13N7O/c24-16(12-3-5-14(6-4-12)23-11-18-20-21-23)17-10-13-2-1-9-22-15(13)7-8-19-22/h1-9,11H,10H2,(H,17,24). The van der Waals surface area contributed by atoms with Gasteiger partial charge in [-0.1, -0.05) is 6.07 Å². The first-order valence-electron chi connectivity index (χ1n) is 7.34. The molecular formula is C16H13N7O. The number of pyridine rings is 1. The summed E-state index contributed by atoms with van der Waals surface area (Å²) in [5, 5.41) is 18.1. The maximum Gasteiger partial charge on any atom is 0.251 e. The van der Waals surface area contributed by atoms with Gasteiger partial charge in [0, 0.05) is 24.5 Å². The molecule has 3 aromatic heterocycles. The van der Waals surface area contributed by atoms with Crippen molar-refractivity contribution < 1.29 is 4.79 Å². The van der Waals surface area contributed by atoms with Gasteiger partial charge < -0.3 is 5.32 Å². The van der Waals surface area contributed by atoms with Crippen LogP contribution in [0.1, 0.15) is 15.9 Å². The van der Waals surface area contributed by atoms with Gasteiger partial charge in [-0.15, -0.1) is 5.10 Å². The number of hydrogen-bond donors (Lipinski definition) is 1. The zero-order chi connectivity index (χ0) is 16.4. The predicted molar refractivity (Wildman–Crippen MR) is 85.5 cm³/mol. The molecule has 0 atom stereocenters. The van der Waals surface area contributed by atoms with E-state index in [9.17, 15) is 4.79 Å². The average Bonchev–Trinajstić information content (AvgIpc) is 3.31. The lowest BCUT2D eigenvalue weighted by molar-refractivity contribution is 0.0951. The monoisotopic (exact) mass is 319 g/mol. The largest absolute Gasteiger partial charge is 0.348 e. The number of fused-ring (bicyclic) bond motifs is 1. The zero-order valence-corrected chi connectivity index (χ0v) is 12.6. The molecule has 1 N–H and O–H groups in total. The van der Waals surface area contributed by atoms with Gasteiger partial charge in [0.25, 0.3) is 5.91 Å². The second kappa shape index (κ2) is 5.92. The van der Waals surface area contributed by atoms with Gasteiger partial charge in [-0.05, 0) is 52.4 Å². The smallest absolute Gasteiger partial charge is 0.251 e. The van der Waals surface area contributed by atoms with Gasteiger partial charge >= 0.3 is 0 Å².